The number of phosphoric acid groups is 1. The van der Waals surface area contributed by atoms with Gasteiger partial charge in [-0.2, -0.15) is 0 Å². The van der Waals surface area contributed by atoms with E-state index < -0.39 is 26.5 Å². The maximum atomic E-state index is 12.6. The molecule has 0 amide bonds. The summed E-state index contributed by atoms with van der Waals surface area (Å²) in [6, 6.07) is 0. The molecule has 0 saturated heterocycles. The van der Waals surface area contributed by atoms with Crippen molar-refractivity contribution in [2.24, 2.45) is 5.73 Å². The third-order valence-corrected chi connectivity index (χ3v) is 11.3. The Hall–Kier alpha value is -1.51. The van der Waals surface area contributed by atoms with Crippen molar-refractivity contribution in [2.45, 2.75) is 238 Å². The summed E-state index contributed by atoms with van der Waals surface area (Å²) in [5, 5.41) is 0. The first-order valence-electron chi connectivity index (χ1n) is 23.8. The molecule has 0 saturated carbocycles. The van der Waals surface area contributed by atoms with Gasteiger partial charge in [0.15, 0.2) is 6.10 Å². The van der Waals surface area contributed by atoms with E-state index in [0.29, 0.717) is 6.42 Å². The Morgan fingerprint density at radius 1 is 0.526 bits per heavy atom. The Bertz CT molecular complexity index is 990. The molecule has 0 fully saturated rings. The van der Waals surface area contributed by atoms with Crippen LogP contribution in [0.1, 0.15) is 232 Å². The molecule has 0 rings (SSSR count). The van der Waals surface area contributed by atoms with Gasteiger partial charge in [0.1, 0.15) is 6.61 Å². The summed E-state index contributed by atoms with van der Waals surface area (Å²) in [5.41, 5.74) is 5.36. The number of phosphoric ester groups is 1. The standard InChI is InChI=1S/C47H90NO8P/c1-3-5-7-9-11-13-15-17-19-21-22-24-25-27-29-31-33-35-37-39-46(49)53-43-45(44-55-57(51,52)54-42-41-48)56-47(50)40-38-36-34-32-30-28-26-23-20-18-16-14-12-10-8-6-4-2/h11,13,17,19,45H,3-10,12,14-16,18,20-44,48H2,1-2H3,(H,51,52)/t45-/m1/s1. The third-order valence-electron chi connectivity index (χ3n) is 10.3. The first kappa shape index (κ1) is 55.5. The molecule has 3 N–H and O–H groups in total. The van der Waals surface area contributed by atoms with E-state index in [9.17, 15) is 19.0 Å². The Kier molecular flexibility index (Phi) is 42.9. The normalized spacial score (nSPS) is 13.4. The van der Waals surface area contributed by atoms with Crippen LogP contribution < -0.4 is 5.73 Å². The van der Waals surface area contributed by atoms with E-state index in [4.69, 9.17) is 24.3 Å². The molecule has 0 aromatic rings. The Labute approximate surface area is 351 Å². The van der Waals surface area contributed by atoms with Crippen LogP contribution >= 0.6 is 7.82 Å². The van der Waals surface area contributed by atoms with Gasteiger partial charge >= 0.3 is 19.8 Å². The fourth-order valence-corrected chi connectivity index (χ4v) is 7.55. The van der Waals surface area contributed by atoms with E-state index in [1.54, 1.807) is 0 Å². The molecule has 10 heteroatoms. The second-order valence-electron chi connectivity index (χ2n) is 16.0. The maximum absolute atomic E-state index is 12.6. The number of carbonyl (C=O) groups excluding carboxylic acids is 2. The molecule has 0 aliphatic carbocycles. The molecule has 1 unspecified atom stereocenters. The highest BCUT2D eigenvalue weighted by atomic mass is 31.2. The smallest absolute Gasteiger partial charge is 0.462 e. The fraction of sp³-hybridized carbons (Fsp3) is 0.872. The highest BCUT2D eigenvalue weighted by molar-refractivity contribution is 7.47. The molecule has 0 spiro atoms. The Balaban J connectivity index is 4.07. The molecule has 0 aromatic heterocycles. The van der Waals surface area contributed by atoms with E-state index >= 15 is 0 Å². The van der Waals surface area contributed by atoms with E-state index in [2.05, 4.69) is 38.2 Å². The molecule has 0 radical (unpaired) electrons. The first-order valence-corrected chi connectivity index (χ1v) is 25.3. The van der Waals surface area contributed by atoms with Gasteiger partial charge in [0.25, 0.3) is 0 Å². The summed E-state index contributed by atoms with van der Waals surface area (Å²) >= 11 is 0. The van der Waals surface area contributed by atoms with Crippen LogP contribution in [0.2, 0.25) is 0 Å². The number of ether oxygens (including phenoxy) is 2. The lowest BCUT2D eigenvalue weighted by atomic mass is 10.0. The van der Waals surface area contributed by atoms with Gasteiger partial charge in [0.05, 0.1) is 13.2 Å². The number of hydrogen-bond donors (Lipinski definition) is 2. The molecule has 0 heterocycles. The number of carbonyl (C=O) groups is 2. The summed E-state index contributed by atoms with van der Waals surface area (Å²) in [5.74, 6) is -0.822. The van der Waals surface area contributed by atoms with E-state index in [1.165, 1.54) is 161 Å². The topological polar surface area (TPSA) is 134 Å². The van der Waals surface area contributed by atoms with Crippen LogP contribution in [-0.2, 0) is 32.7 Å². The van der Waals surface area contributed by atoms with Crippen molar-refractivity contribution in [3.63, 3.8) is 0 Å². The molecular formula is C47H90NO8P. The van der Waals surface area contributed by atoms with Gasteiger partial charge < -0.3 is 20.1 Å². The summed E-state index contributed by atoms with van der Waals surface area (Å²) in [7, 11) is -4.38. The lowest BCUT2D eigenvalue weighted by molar-refractivity contribution is -0.161. The molecule has 0 aromatic carbocycles. The Morgan fingerprint density at radius 2 is 0.912 bits per heavy atom. The molecule has 336 valence electrons. The third kappa shape index (κ3) is 43.9. The van der Waals surface area contributed by atoms with Crippen LogP contribution in [-0.4, -0.2) is 49.3 Å². The van der Waals surface area contributed by atoms with Crippen LogP contribution in [0.15, 0.2) is 24.3 Å². The average Bonchev–Trinajstić information content (AvgIpc) is 3.20. The molecule has 0 aliphatic rings. The largest absolute Gasteiger partial charge is 0.472 e. The predicted molar refractivity (Wildman–Crippen MR) is 238 cm³/mol. The minimum Gasteiger partial charge on any atom is -0.462 e. The fourth-order valence-electron chi connectivity index (χ4n) is 6.78. The average molecular weight is 828 g/mol. The number of hydrogen-bond acceptors (Lipinski definition) is 8. The lowest BCUT2D eigenvalue weighted by Gasteiger charge is -2.19. The molecular weight excluding hydrogens is 737 g/mol. The van der Waals surface area contributed by atoms with Gasteiger partial charge in [-0.05, 0) is 44.9 Å². The molecule has 57 heavy (non-hydrogen) atoms. The Morgan fingerprint density at radius 3 is 1.37 bits per heavy atom. The monoisotopic (exact) mass is 828 g/mol. The quantitative estimate of drug-likeness (QED) is 0.0266. The maximum Gasteiger partial charge on any atom is 0.472 e. The lowest BCUT2D eigenvalue weighted by Crippen LogP contribution is -2.29. The predicted octanol–water partition coefficient (Wildman–Crippen LogP) is 13.9. The molecule has 0 aliphatic heterocycles. The summed E-state index contributed by atoms with van der Waals surface area (Å²) in [6.07, 6.45) is 47.7. The van der Waals surface area contributed by atoms with E-state index in [0.717, 1.165) is 38.5 Å². The van der Waals surface area contributed by atoms with Crippen LogP contribution in [0.3, 0.4) is 0 Å². The van der Waals surface area contributed by atoms with Gasteiger partial charge in [0.2, 0.25) is 0 Å². The minimum atomic E-state index is -4.38. The van der Waals surface area contributed by atoms with Gasteiger partial charge in [0, 0.05) is 19.4 Å². The highest BCUT2D eigenvalue weighted by Crippen LogP contribution is 2.43. The second-order valence-corrected chi connectivity index (χ2v) is 17.4. The molecule has 9 nitrogen and oxygen atoms in total. The number of allylic oxidation sites excluding steroid dienone is 4. The van der Waals surface area contributed by atoms with Crippen LogP contribution in [0.25, 0.3) is 0 Å². The molecule has 0 bridgehead atoms. The van der Waals surface area contributed by atoms with Crippen molar-refractivity contribution >= 4 is 19.8 Å². The van der Waals surface area contributed by atoms with Crippen LogP contribution in [0, 0.1) is 0 Å². The van der Waals surface area contributed by atoms with Crippen molar-refractivity contribution in [3.8, 4) is 0 Å². The van der Waals surface area contributed by atoms with Gasteiger partial charge in [-0.3, -0.25) is 18.6 Å². The van der Waals surface area contributed by atoms with E-state index in [-0.39, 0.29) is 38.6 Å². The molecule has 2 atom stereocenters. The van der Waals surface area contributed by atoms with Crippen molar-refractivity contribution in [1.29, 1.82) is 0 Å². The zero-order valence-electron chi connectivity index (χ0n) is 37.1. The van der Waals surface area contributed by atoms with Crippen LogP contribution in [0.4, 0.5) is 0 Å². The van der Waals surface area contributed by atoms with E-state index in [1.807, 2.05) is 0 Å². The number of unbranched alkanes of at least 4 members (excludes halogenated alkanes) is 28. The number of rotatable bonds is 45. The van der Waals surface area contributed by atoms with Gasteiger partial charge in [-0.15, -0.1) is 0 Å². The van der Waals surface area contributed by atoms with Crippen molar-refractivity contribution in [2.75, 3.05) is 26.4 Å². The second kappa shape index (κ2) is 44.1. The van der Waals surface area contributed by atoms with Crippen molar-refractivity contribution in [1.82, 2.24) is 0 Å². The van der Waals surface area contributed by atoms with Crippen molar-refractivity contribution in [3.05, 3.63) is 24.3 Å². The summed E-state index contributed by atoms with van der Waals surface area (Å²) < 4.78 is 32.9. The highest BCUT2D eigenvalue weighted by Gasteiger charge is 2.26. The first-order chi connectivity index (χ1) is 27.8. The summed E-state index contributed by atoms with van der Waals surface area (Å²) in [6.45, 7) is 3.74. The van der Waals surface area contributed by atoms with Crippen molar-refractivity contribution < 1.29 is 37.6 Å². The zero-order chi connectivity index (χ0) is 41.8. The number of esters is 2. The van der Waals surface area contributed by atoms with Gasteiger partial charge in [-0.1, -0.05) is 199 Å². The SMILES string of the molecule is CCCCCC=CCC=CCCCCCCCCCCCC(=O)OC[C@H](COP(=O)(O)OCCN)OC(=O)CCCCCCCCCCCCCCCCCCC. The van der Waals surface area contributed by atoms with Gasteiger partial charge in [-0.25, -0.2) is 4.57 Å². The minimum absolute atomic E-state index is 0.0548. The summed E-state index contributed by atoms with van der Waals surface area (Å²) in [4.78, 5) is 35.0. The zero-order valence-corrected chi connectivity index (χ0v) is 38.0. The number of nitrogens with two attached hydrogens (primary N) is 1. The van der Waals surface area contributed by atoms with Crippen LogP contribution in [0.5, 0.6) is 0 Å².